The maximum absolute atomic E-state index is 11.3. The number of hydrogen-bond acceptors (Lipinski definition) is 2. The molecule has 1 aromatic rings. The van der Waals surface area contributed by atoms with Crippen LogP contribution in [-0.2, 0) is 11.2 Å². The summed E-state index contributed by atoms with van der Waals surface area (Å²) >= 11 is 0. The number of rotatable bonds is 3. The second-order valence-electron chi connectivity index (χ2n) is 3.45. The first-order valence-electron chi connectivity index (χ1n) is 4.43. The van der Waals surface area contributed by atoms with E-state index in [1.165, 1.54) is 10.6 Å². The lowest BCUT2D eigenvalue weighted by Gasteiger charge is -2.10. The molecule has 0 bridgehead atoms. The molecular weight excluding hydrogens is 182 g/mol. The zero-order valence-corrected chi connectivity index (χ0v) is 8.23. The summed E-state index contributed by atoms with van der Waals surface area (Å²) in [4.78, 5) is 21.8. The van der Waals surface area contributed by atoms with E-state index in [4.69, 9.17) is 5.11 Å². The molecule has 0 radical (unpaired) electrons. The maximum atomic E-state index is 11.3. The van der Waals surface area contributed by atoms with Gasteiger partial charge in [0.15, 0.2) is 0 Å². The molecule has 0 saturated heterocycles. The van der Waals surface area contributed by atoms with Crippen LogP contribution in [0.1, 0.15) is 25.5 Å². The van der Waals surface area contributed by atoms with E-state index in [-0.39, 0.29) is 18.0 Å². The minimum atomic E-state index is -0.890. The molecule has 0 unspecified atom stereocenters. The van der Waals surface area contributed by atoms with Gasteiger partial charge in [0.1, 0.15) is 0 Å². The van der Waals surface area contributed by atoms with Gasteiger partial charge in [-0.25, -0.2) is 0 Å². The second-order valence-corrected chi connectivity index (χ2v) is 3.45. The van der Waals surface area contributed by atoms with Crippen LogP contribution in [0.5, 0.6) is 0 Å². The van der Waals surface area contributed by atoms with Crippen LogP contribution in [0.15, 0.2) is 23.1 Å². The lowest BCUT2D eigenvalue weighted by atomic mass is 10.2. The van der Waals surface area contributed by atoms with Gasteiger partial charge in [0, 0.05) is 18.3 Å². The van der Waals surface area contributed by atoms with Crippen LogP contribution >= 0.6 is 0 Å². The van der Waals surface area contributed by atoms with Gasteiger partial charge in [-0.3, -0.25) is 9.59 Å². The van der Waals surface area contributed by atoms with Crippen molar-refractivity contribution in [2.24, 2.45) is 0 Å². The largest absolute Gasteiger partial charge is 0.481 e. The van der Waals surface area contributed by atoms with E-state index < -0.39 is 5.97 Å². The highest BCUT2D eigenvalue weighted by molar-refractivity contribution is 5.69. The molecule has 0 spiro atoms. The van der Waals surface area contributed by atoms with Crippen molar-refractivity contribution in [2.45, 2.75) is 26.3 Å². The Morgan fingerprint density at radius 2 is 2.14 bits per heavy atom. The summed E-state index contributed by atoms with van der Waals surface area (Å²) in [5, 5.41) is 8.58. The molecule has 0 aliphatic heterocycles. The number of aliphatic carboxylic acids is 1. The normalized spacial score (nSPS) is 10.5. The number of pyridine rings is 1. The zero-order chi connectivity index (χ0) is 10.7. The summed E-state index contributed by atoms with van der Waals surface area (Å²) in [6, 6.07) is 3.00. The SMILES string of the molecule is CC(C)n1cc(CC(=O)O)ccc1=O. The summed E-state index contributed by atoms with van der Waals surface area (Å²) in [6.07, 6.45) is 1.55. The van der Waals surface area contributed by atoms with Crippen molar-refractivity contribution in [1.29, 1.82) is 0 Å². The highest BCUT2D eigenvalue weighted by Crippen LogP contribution is 2.03. The van der Waals surface area contributed by atoms with Crippen LogP contribution in [0.25, 0.3) is 0 Å². The van der Waals surface area contributed by atoms with E-state index in [2.05, 4.69) is 0 Å². The zero-order valence-electron chi connectivity index (χ0n) is 8.23. The van der Waals surface area contributed by atoms with Gasteiger partial charge < -0.3 is 9.67 Å². The average molecular weight is 195 g/mol. The average Bonchev–Trinajstić information content (AvgIpc) is 2.07. The van der Waals surface area contributed by atoms with Crippen molar-refractivity contribution in [2.75, 3.05) is 0 Å². The predicted molar refractivity (Wildman–Crippen MR) is 52.4 cm³/mol. The number of nitrogens with zero attached hydrogens (tertiary/aromatic N) is 1. The molecule has 0 atom stereocenters. The van der Waals surface area contributed by atoms with E-state index in [0.717, 1.165) is 0 Å². The fourth-order valence-corrected chi connectivity index (χ4v) is 1.23. The van der Waals surface area contributed by atoms with E-state index in [1.54, 1.807) is 12.3 Å². The summed E-state index contributed by atoms with van der Waals surface area (Å²) in [6.45, 7) is 3.76. The van der Waals surface area contributed by atoms with Crippen LogP contribution < -0.4 is 5.56 Å². The third-order valence-corrected chi connectivity index (χ3v) is 1.91. The Morgan fingerprint density at radius 3 is 2.64 bits per heavy atom. The fraction of sp³-hybridized carbons (Fsp3) is 0.400. The van der Waals surface area contributed by atoms with Crippen LogP contribution in [0.3, 0.4) is 0 Å². The van der Waals surface area contributed by atoms with Crippen molar-refractivity contribution >= 4 is 5.97 Å². The molecule has 0 fully saturated rings. The Bertz CT molecular complexity index is 393. The molecule has 76 valence electrons. The van der Waals surface area contributed by atoms with Crippen LogP contribution in [0, 0.1) is 0 Å². The molecule has 0 saturated carbocycles. The van der Waals surface area contributed by atoms with Gasteiger partial charge in [-0.15, -0.1) is 0 Å². The Labute approximate surface area is 81.8 Å². The van der Waals surface area contributed by atoms with Crippen molar-refractivity contribution in [1.82, 2.24) is 4.57 Å². The molecule has 14 heavy (non-hydrogen) atoms. The van der Waals surface area contributed by atoms with Gasteiger partial charge in [-0.1, -0.05) is 6.07 Å². The van der Waals surface area contributed by atoms with Crippen molar-refractivity contribution in [3.8, 4) is 0 Å². The van der Waals surface area contributed by atoms with Gasteiger partial charge in [-0.05, 0) is 19.4 Å². The summed E-state index contributed by atoms with van der Waals surface area (Å²) < 4.78 is 1.53. The number of carboxylic acids is 1. The van der Waals surface area contributed by atoms with Crippen LogP contribution in [-0.4, -0.2) is 15.6 Å². The van der Waals surface area contributed by atoms with E-state index >= 15 is 0 Å². The standard InChI is InChI=1S/C10H13NO3/c1-7(2)11-6-8(5-10(13)14)3-4-9(11)12/h3-4,6-7H,5H2,1-2H3,(H,13,14). The Morgan fingerprint density at radius 1 is 1.50 bits per heavy atom. The molecule has 0 aliphatic rings. The van der Waals surface area contributed by atoms with Crippen molar-refractivity contribution < 1.29 is 9.90 Å². The lowest BCUT2D eigenvalue weighted by Crippen LogP contribution is -2.21. The predicted octanol–water partition coefficient (Wildman–Crippen LogP) is 1.06. The minimum absolute atomic E-state index is 0.0486. The van der Waals surface area contributed by atoms with Crippen LogP contribution in [0.4, 0.5) is 0 Å². The summed E-state index contributed by atoms with van der Waals surface area (Å²) in [7, 11) is 0. The third kappa shape index (κ3) is 2.45. The topological polar surface area (TPSA) is 59.3 Å². The fourth-order valence-electron chi connectivity index (χ4n) is 1.23. The monoisotopic (exact) mass is 195 g/mol. The Hall–Kier alpha value is -1.58. The molecule has 4 heteroatoms. The van der Waals surface area contributed by atoms with E-state index in [9.17, 15) is 9.59 Å². The number of hydrogen-bond donors (Lipinski definition) is 1. The van der Waals surface area contributed by atoms with Crippen molar-refractivity contribution in [3.05, 3.63) is 34.2 Å². The highest BCUT2D eigenvalue weighted by atomic mass is 16.4. The maximum Gasteiger partial charge on any atom is 0.307 e. The summed E-state index contributed by atoms with van der Waals surface area (Å²) in [5.74, 6) is -0.890. The number of aromatic nitrogens is 1. The molecule has 1 aromatic heterocycles. The Balaban J connectivity index is 3.06. The quantitative estimate of drug-likeness (QED) is 0.784. The first kappa shape index (κ1) is 10.5. The molecule has 1 rings (SSSR count). The molecule has 0 amide bonds. The Kier molecular flexibility index (Phi) is 3.06. The van der Waals surface area contributed by atoms with Crippen LogP contribution in [0.2, 0.25) is 0 Å². The molecule has 0 aliphatic carbocycles. The molecule has 1 N–H and O–H groups in total. The first-order valence-corrected chi connectivity index (χ1v) is 4.43. The number of carboxylic acid groups (broad SMARTS) is 1. The molecule has 4 nitrogen and oxygen atoms in total. The smallest absolute Gasteiger partial charge is 0.307 e. The van der Waals surface area contributed by atoms with Gasteiger partial charge in [0.25, 0.3) is 5.56 Å². The third-order valence-electron chi connectivity index (χ3n) is 1.91. The van der Waals surface area contributed by atoms with E-state index in [1.807, 2.05) is 13.8 Å². The molecular formula is C10H13NO3. The first-order chi connectivity index (χ1) is 6.50. The molecule has 0 aromatic carbocycles. The highest BCUT2D eigenvalue weighted by Gasteiger charge is 2.04. The van der Waals surface area contributed by atoms with Gasteiger partial charge >= 0.3 is 5.97 Å². The lowest BCUT2D eigenvalue weighted by molar-refractivity contribution is -0.136. The number of carbonyl (C=O) groups is 1. The van der Waals surface area contributed by atoms with Gasteiger partial charge in [-0.2, -0.15) is 0 Å². The second kappa shape index (κ2) is 4.09. The van der Waals surface area contributed by atoms with E-state index in [0.29, 0.717) is 5.56 Å². The molecule has 1 heterocycles. The van der Waals surface area contributed by atoms with Crippen molar-refractivity contribution in [3.63, 3.8) is 0 Å². The van der Waals surface area contributed by atoms with Gasteiger partial charge in [0.2, 0.25) is 0 Å². The van der Waals surface area contributed by atoms with Gasteiger partial charge in [0.05, 0.1) is 6.42 Å². The minimum Gasteiger partial charge on any atom is -0.481 e. The summed E-state index contributed by atoms with van der Waals surface area (Å²) in [5.41, 5.74) is 0.542.